The van der Waals surface area contributed by atoms with Gasteiger partial charge >= 0.3 is 5.97 Å². The summed E-state index contributed by atoms with van der Waals surface area (Å²) < 4.78 is 5.50. The van der Waals surface area contributed by atoms with E-state index in [-0.39, 0.29) is 23.8 Å². The molecule has 0 bridgehead atoms. The average Bonchev–Trinajstić information content (AvgIpc) is 3.32. The summed E-state index contributed by atoms with van der Waals surface area (Å²) in [6, 6.07) is 4.01. The maximum absolute atomic E-state index is 12.5. The lowest BCUT2D eigenvalue weighted by molar-refractivity contribution is -0.138. The first-order chi connectivity index (χ1) is 13.8. The number of halogens is 1. The van der Waals surface area contributed by atoms with E-state index >= 15 is 0 Å². The van der Waals surface area contributed by atoms with Crippen LogP contribution in [0, 0.1) is 12.8 Å². The smallest absolute Gasteiger partial charge is 0.320 e. The number of furan rings is 1. The number of carboxylic acid groups (broad SMARTS) is 1. The first-order valence-corrected chi connectivity index (χ1v) is 9.90. The number of carboxylic acids is 1. The number of aliphatic carboxylic acids is 1. The van der Waals surface area contributed by atoms with Gasteiger partial charge in [0.15, 0.2) is 5.58 Å². The van der Waals surface area contributed by atoms with Crippen LogP contribution in [0.25, 0.3) is 11.0 Å². The first kappa shape index (κ1) is 21.1. The molecule has 1 aromatic heterocycles. The molecule has 1 saturated carbocycles. The number of carbonyl (C=O) groups excluding carboxylic acids is 2. The minimum absolute atomic E-state index is 0.114. The van der Waals surface area contributed by atoms with Crippen LogP contribution in [0.15, 0.2) is 22.6 Å². The number of benzene rings is 1. The third kappa shape index (κ3) is 5.27. The molecule has 3 rings (SSSR count). The van der Waals surface area contributed by atoms with Crippen molar-refractivity contribution in [3.63, 3.8) is 0 Å². The molecular formula is C20H24ClN3O5. The number of fused-ring (bicyclic) bond motifs is 1. The van der Waals surface area contributed by atoms with Crippen molar-refractivity contribution < 1.29 is 23.9 Å². The first-order valence-electron chi connectivity index (χ1n) is 9.53. The Balaban J connectivity index is 1.43. The van der Waals surface area contributed by atoms with Crippen molar-refractivity contribution >= 4 is 40.4 Å². The quantitative estimate of drug-likeness (QED) is 0.458. The Labute approximate surface area is 172 Å². The Bertz CT molecular complexity index is 942. The Morgan fingerprint density at radius 3 is 2.79 bits per heavy atom. The van der Waals surface area contributed by atoms with Crippen molar-refractivity contribution in [3.8, 4) is 0 Å². The molecule has 9 heteroatoms. The molecule has 1 aliphatic carbocycles. The molecule has 8 nitrogen and oxygen atoms in total. The van der Waals surface area contributed by atoms with Crippen molar-refractivity contribution in [2.75, 3.05) is 6.54 Å². The van der Waals surface area contributed by atoms with Gasteiger partial charge in [-0.2, -0.15) is 0 Å². The summed E-state index contributed by atoms with van der Waals surface area (Å²) in [6.07, 6.45) is 2.23. The van der Waals surface area contributed by atoms with Gasteiger partial charge in [0.25, 0.3) is 5.91 Å². The monoisotopic (exact) mass is 421 g/mol. The number of hydrogen-bond acceptors (Lipinski definition) is 5. The zero-order valence-corrected chi connectivity index (χ0v) is 16.8. The van der Waals surface area contributed by atoms with Crippen molar-refractivity contribution in [1.82, 2.24) is 10.6 Å². The molecule has 1 heterocycles. The minimum Gasteiger partial charge on any atom is -0.480 e. The van der Waals surface area contributed by atoms with Gasteiger partial charge in [-0.15, -0.1) is 0 Å². The molecule has 1 aromatic carbocycles. The number of carbonyl (C=O) groups is 3. The van der Waals surface area contributed by atoms with Gasteiger partial charge in [-0.25, -0.2) is 0 Å². The van der Waals surface area contributed by atoms with E-state index in [0.29, 0.717) is 54.2 Å². The van der Waals surface area contributed by atoms with Crippen LogP contribution in [0.3, 0.4) is 0 Å². The fraction of sp³-hybridized carbons (Fsp3) is 0.450. The standard InChI is InChI=1S/C20H24ClN3O5/c1-10-6-11-7-12(8-14(21)17(11)29-10)18(25)24-16-9-13(16)19(26)23-5-3-2-4-15(22)20(27)28/h6-8,13,15-16H,2-5,9,22H2,1H3,(H,23,26)(H,24,25)(H,27,28)/t13-,15-,16-/m0/s1. The van der Waals surface area contributed by atoms with Crippen LogP contribution >= 0.6 is 11.6 Å². The summed E-state index contributed by atoms with van der Waals surface area (Å²) in [5.74, 6) is -0.958. The Hall–Kier alpha value is -2.58. The summed E-state index contributed by atoms with van der Waals surface area (Å²) in [6.45, 7) is 2.26. The van der Waals surface area contributed by atoms with Crippen LogP contribution in [-0.4, -0.2) is 41.5 Å². The van der Waals surface area contributed by atoms with E-state index in [9.17, 15) is 14.4 Å². The average molecular weight is 422 g/mol. The lowest BCUT2D eigenvalue weighted by Crippen LogP contribution is -2.33. The summed E-state index contributed by atoms with van der Waals surface area (Å²) in [5.41, 5.74) is 6.40. The molecule has 29 heavy (non-hydrogen) atoms. The molecule has 1 fully saturated rings. The lowest BCUT2D eigenvalue weighted by Gasteiger charge is -2.08. The van der Waals surface area contributed by atoms with Crippen LogP contribution in [0.2, 0.25) is 5.02 Å². The van der Waals surface area contributed by atoms with E-state index < -0.39 is 12.0 Å². The number of nitrogens with one attached hydrogen (secondary N) is 2. The molecule has 156 valence electrons. The molecule has 0 radical (unpaired) electrons. The number of rotatable bonds is 9. The molecule has 5 N–H and O–H groups in total. The summed E-state index contributed by atoms with van der Waals surface area (Å²) in [5, 5.41) is 15.5. The number of hydrogen-bond donors (Lipinski definition) is 4. The van der Waals surface area contributed by atoms with E-state index in [1.54, 1.807) is 12.1 Å². The van der Waals surface area contributed by atoms with Crippen molar-refractivity contribution in [1.29, 1.82) is 0 Å². The number of unbranched alkanes of at least 4 members (excludes halogenated alkanes) is 1. The molecule has 0 unspecified atom stereocenters. The molecule has 2 amide bonds. The van der Waals surface area contributed by atoms with E-state index in [2.05, 4.69) is 10.6 Å². The Kier molecular flexibility index (Phi) is 6.44. The zero-order chi connectivity index (χ0) is 21.1. The normalized spacial score (nSPS) is 19.0. The highest BCUT2D eigenvalue weighted by Crippen LogP contribution is 2.32. The lowest BCUT2D eigenvalue weighted by atomic mass is 10.1. The summed E-state index contributed by atoms with van der Waals surface area (Å²) in [7, 11) is 0. The van der Waals surface area contributed by atoms with E-state index in [4.69, 9.17) is 26.9 Å². The highest BCUT2D eigenvalue weighted by atomic mass is 35.5. The van der Waals surface area contributed by atoms with Crippen LogP contribution in [0.4, 0.5) is 0 Å². The van der Waals surface area contributed by atoms with Gasteiger partial charge in [0.1, 0.15) is 11.8 Å². The summed E-state index contributed by atoms with van der Waals surface area (Å²) >= 11 is 6.19. The maximum Gasteiger partial charge on any atom is 0.320 e. The second-order valence-corrected chi connectivity index (χ2v) is 7.79. The van der Waals surface area contributed by atoms with Gasteiger partial charge in [-0.1, -0.05) is 11.6 Å². The third-order valence-electron chi connectivity index (χ3n) is 4.96. The van der Waals surface area contributed by atoms with Gasteiger partial charge in [-0.05, 0) is 50.8 Å². The molecule has 1 aliphatic rings. The second kappa shape index (κ2) is 8.84. The largest absolute Gasteiger partial charge is 0.480 e. The van der Waals surface area contributed by atoms with Crippen LogP contribution in [-0.2, 0) is 9.59 Å². The molecule has 0 aliphatic heterocycles. The third-order valence-corrected chi connectivity index (χ3v) is 5.24. The molecule has 0 saturated heterocycles. The van der Waals surface area contributed by atoms with Gasteiger partial charge in [0.05, 0.1) is 10.9 Å². The number of nitrogens with two attached hydrogens (primary N) is 1. The summed E-state index contributed by atoms with van der Waals surface area (Å²) in [4.78, 5) is 35.3. The van der Waals surface area contributed by atoms with Gasteiger partial charge in [-0.3, -0.25) is 14.4 Å². The SMILES string of the molecule is Cc1cc2cc(C(=O)N[C@H]3C[C@@H]3C(=O)NCCCC[C@H](N)C(=O)O)cc(Cl)c2o1. The van der Waals surface area contributed by atoms with Gasteiger partial charge < -0.3 is 25.9 Å². The maximum atomic E-state index is 12.5. The van der Waals surface area contributed by atoms with Crippen LogP contribution in [0.5, 0.6) is 0 Å². The molecule has 2 aromatic rings. The van der Waals surface area contributed by atoms with Crippen LogP contribution in [0.1, 0.15) is 41.8 Å². The zero-order valence-electron chi connectivity index (χ0n) is 16.0. The second-order valence-electron chi connectivity index (χ2n) is 7.39. The number of amides is 2. The minimum atomic E-state index is -1.02. The van der Waals surface area contributed by atoms with E-state index in [1.165, 1.54) is 0 Å². The topological polar surface area (TPSA) is 135 Å². The van der Waals surface area contributed by atoms with Gasteiger partial charge in [0.2, 0.25) is 5.91 Å². The van der Waals surface area contributed by atoms with Crippen molar-refractivity contribution in [2.24, 2.45) is 11.7 Å². The molecule has 0 spiro atoms. The fourth-order valence-electron chi connectivity index (χ4n) is 3.22. The predicted molar refractivity (Wildman–Crippen MR) is 108 cm³/mol. The highest BCUT2D eigenvalue weighted by Gasteiger charge is 2.44. The Morgan fingerprint density at radius 1 is 1.31 bits per heavy atom. The van der Waals surface area contributed by atoms with Crippen molar-refractivity contribution in [3.05, 3.63) is 34.5 Å². The Morgan fingerprint density at radius 2 is 2.07 bits per heavy atom. The van der Waals surface area contributed by atoms with Gasteiger partial charge in [0, 0.05) is 23.5 Å². The number of aryl methyl sites for hydroxylation is 1. The van der Waals surface area contributed by atoms with Crippen molar-refractivity contribution in [2.45, 2.75) is 44.7 Å². The fourth-order valence-corrected chi connectivity index (χ4v) is 3.49. The predicted octanol–water partition coefficient (Wildman–Crippen LogP) is 2.21. The van der Waals surface area contributed by atoms with Crippen LogP contribution < -0.4 is 16.4 Å². The van der Waals surface area contributed by atoms with E-state index in [0.717, 1.165) is 5.39 Å². The molecular weight excluding hydrogens is 398 g/mol. The molecule has 3 atom stereocenters. The highest BCUT2D eigenvalue weighted by molar-refractivity contribution is 6.35. The van der Waals surface area contributed by atoms with E-state index in [1.807, 2.05) is 13.0 Å².